The van der Waals surface area contributed by atoms with Crippen LogP contribution in [0.15, 0.2) is 133 Å². The number of methoxy groups -OCH3 is 2. The number of nitrogens with one attached hydrogen (secondary N) is 1. The van der Waals surface area contributed by atoms with E-state index in [1.54, 1.807) is 67.8 Å². The second kappa shape index (κ2) is 23.1. The first-order valence-corrected chi connectivity index (χ1v) is 25.1. The van der Waals surface area contributed by atoms with Crippen molar-refractivity contribution in [1.29, 1.82) is 5.26 Å². The van der Waals surface area contributed by atoms with E-state index < -0.39 is 35.4 Å². The van der Waals surface area contributed by atoms with Gasteiger partial charge in [0, 0.05) is 49.3 Å². The number of nitrogens with zero attached hydrogens (tertiary/aromatic N) is 3. The van der Waals surface area contributed by atoms with Crippen molar-refractivity contribution in [2.24, 2.45) is 22.9 Å². The zero-order valence-corrected chi connectivity index (χ0v) is 42.3. The predicted molar refractivity (Wildman–Crippen MR) is 280 cm³/mol. The largest absolute Gasteiger partial charge is 0.497 e. The molecule has 3 N–H and O–H groups in total. The molecule has 0 bridgehead atoms. The van der Waals surface area contributed by atoms with Gasteiger partial charge in [-0.2, -0.15) is 5.26 Å². The Labute approximate surface area is 427 Å². The number of hydrogen-bond donors (Lipinski definition) is 3. The van der Waals surface area contributed by atoms with Crippen molar-refractivity contribution in [1.82, 2.24) is 4.90 Å². The van der Waals surface area contributed by atoms with Gasteiger partial charge in [-0.3, -0.25) is 10.1 Å². The molecule has 0 aromatic heterocycles. The van der Waals surface area contributed by atoms with Gasteiger partial charge in [0.2, 0.25) is 5.79 Å². The highest BCUT2D eigenvalue weighted by Gasteiger charge is 2.65. The first-order valence-electron chi connectivity index (χ1n) is 25.1. The molecular weight excluding hydrogens is 925 g/mol. The third-order valence-corrected chi connectivity index (χ3v) is 14.0. The molecule has 6 atom stereocenters. The quantitative estimate of drug-likeness (QED) is 0.0383. The van der Waals surface area contributed by atoms with E-state index in [4.69, 9.17) is 33.7 Å². The van der Waals surface area contributed by atoms with Crippen LogP contribution >= 0.6 is 0 Å². The minimum Gasteiger partial charge on any atom is -0.497 e. The summed E-state index contributed by atoms with van der Waals surface area (Å²) in [5.74, 6) is -1.35. The summed E-state index contributed by atoms with van der Waals surface area (Å²) in [5, 5.41) is 39.8. The predicted octanol–water partition coefficient (Wildman–Crippen LogP) is 11.1. The number of oxime groups is 1. The number of aliphatic hydroxyl groups is 2. The van der Waals surface area contributed by atoms with Crippen LogP contribution in [0.4, 0.5) is 10.5 Å². The van der Waals surface area contributed by atoms with Gasteiger partial charge in [0.25, 0.3) is 5.91 Å². The third kappa shape index (κ3) is 11.4. The summed E-state index contributed by atoms with van der Waals surface area (Å²) in [6.07, 6.45) is 7.51. The van der Waals surface area contributed by atoms with Crippen LogP contribution in [-0.2, 0) is 16.1 Å². The van der Waals surface area contributed by atoms with Gasteiger partial charge in [0.15, 0.2) is 0 Å². The Bertz CT molecular complexity index is 2880. The van der Waals surface area contributed by atoms with E-state index in [0.29, 0.717) is 65.5 Å². The van der Waals surface area contributed by atoms with Crippen LogP contribution in [0.2, 0.25) is 0 Å². The molecule has 0 radical (unpaired) electrons. The number of carbonyl (C=O) groups excluding carboxylic acids is 2. The molecule has 0 saturated heterocycles. The lowest BCUT2D eigenvalue weighted by Gasteiger charge is -2.60. The summed E-state index contributed by atoms with van der Waals surface area (Å²) < 4.78 is 31.7. The number of aliphatic hydroxyl groups excluding tert-OH is 2. The fraction of sp³-hybridized carbons (Fsp3) is 0.390. The topological polar surface area (TPSA) is 181 Å². The maximum atomic E-state index is 15.7. The number of rotatable bonds is 20. The molecule has 5 aromatic rings. The van der Waals surface area contributed by atoms with Crippen molar-refractivity contribution in [2.75, 3.05) is 39.4 Å². The van der Waals surface area contributed by atoms with E-state index in [0.717, 1.165) is 40.3 Å². The van der Waals surface area contributed by atoms with Crippen LogP contribution in [0, 0.1) is 29.1 Å². The van der Waals surface area contributed by atoms with Gasteiger partial charge in [0.05, 0.1) is 49.8 Å². The molecule has 1 saturated carbocycles. The zero-order valence-electron chi connectivity index (χ0n) is 42.3. The molecule has 382 valence electrons. The van der Waals surface area contributed by atoms with Gasteiger partial charge in [-0.05, 0) is 135 Å². The van der Waals surface area contributed by atoms with Crippen LogP contribution in [0.3, 0.4) is 0 Å². The normalized spacial score (nSPS) is 21.4. The molecular formula is C59H66N4O10. The number of fused-ring (bicyclic) bond motifs is 3. The van der Waals surface area contributed by atoms with Gasteiger partial charge in [-0.1, -0.05) is 72.6 Å². The molecule has 8 rings (SSSR count). The number of amides is 2. The molecule has 14 nitrogen and oxygen atoms in total. The second-order valence-corrected chi connectivity index (χ2v) is 19.8. The molecule has 0 unspecified atom stereocenters. The maximum absolute atomic E-state index is 15.7. The highest BCUT2D eigenvalue weighted by Crippen LogP contribution is 2.62. The van der Waals surface area contributed by atoms with Crippen LogP contribution < -0.4 is 24.3 Å². The van der Waals surface area contributed by atoms with Crippen LogP contribution in [0.1, 0.15) is 98.7 Å². The Morgan fingerprint density at radius 2 is 1.66 bits per heavy atom. The molecule has 1 aliphatic heterocycles. The summed E-state index contributed by atoms with van der Waals surface area (Å²) in [7, 11) is 3.05. The number of unbranched alkanes of at least 4 members (excludes halogenated alkanes) is 2. The number of nitriles is 1. The van der Waals surface area contributed by atoms with Crippen molar-refractivity contribution in [3.63, 3.8) is 0 Å². The molecule has 14 heteroatoms. The SMILES string of the molecule is C=CCO[C@@]12Oc3ccc(OC(=O)Nc4ccc(OC)cc4OC)cc3[C@H]3[C@H](CCCCO)[C@@H](CCCCO)C=C(C(=NOC(C)(C)C)C[C@@H]1N(Cc1cccc4ccccc14)C(=O)c1ccc(C#N)cc1)[C@H]32. The number of hydrogen-bond acceptors (Lipinski definition) is 12. The molecule has 1 heterocycles. The first kappa shape index (κ1) is 52.2. The maximum Gasteiger partial charge on any atom is 0.417 e. The highest BCUT2D eigenvalue weighted by molar-refractivity contribution is 6.04. The number of allylic oxidation sites excluding steroid dienone is 1. The average molecular weight is 991 g/mol. The fourth-order valence-electron chi connectivity index (χ4n) is 10.8. The van der Waals surface area contributed by atoms with Crippen molar-refractivity contribution in [3.05, 3.63) is 150 Å². The van der Waals surface area contributed by atoms with Crippen LogP contribution in [0.5, 0.6) is 23.0 Å². The highest BCUT2D eigenvalue weighted by atomic mass is 16.7. The van der Waals surface area contributed by atoms with Crippen molar-refractivity contribution >= 4 is 34.2 Å². The number of carbonyl (C=O) groups is 2. The van der Waals surface area contributed by atoms with Crippen LogP contribution in [0.25, 0.3) is 10.8 Å². The fourth-order valence-corrected chi connectivity index (χ4v) is 10.8. The number of anilines is 1. The monoisotopic (exact) mass is 990 g/mol. The molecule has 5 aromatic carbocycles. The first-order chi connectivity index (χ1) is 35.3. The Kier molecular flexibility index (Phi) is 16.5. The number of benzene rings is 5. The standard InChI is InChI=1S/C59H66N4O10/c1-7-31-70-59-53(63(56(66)40-23-21-38(36-60)22-24-40)37-42-18-14-17-39-15-8-9-19-45(39)42)35-50(62-73-58(2,3)4)47-32-41(16-10-12-29-64)46(20-11-13-30-65)54(55(47)59)48-33-44(26-28-51(48)72-59)71-57(67)61-49-27-25-43(68-5)34-52(49)69-6/h7-9,14-15,17-19,21-28,32-34,41,46,53-55,64-65H,1,10-13,16,20,29-31,35,37H2,2-6H3,(H,61,67)/t41-,46+,53-,54+,55+,59+/m0/s1. The minimum absolute atomic E-state index is 0.0266. The molecule has 73 heavy (non-hydrogen) atoms. The van der Waals surface area contributed by atoms with E-state index in [1.807, 2.05) is 68.1 Å². The number of ether oxygens (including phenoxy) is 5. The second-order valence-electron chi connectivity index (χ2n) is 19.8. The Morgan fingerprint density at radius 1 is 0.918 bits per heavy atom. The van der Waals surface area contributed by atoms with Crippen molar-refractivity contribution in [2.45, 2.75) is 95.6 Å². The summed E-state index contributed by atoms with van der Waals surface area (Å²) in [4.78, 5) is 37.6. The molecule has 3 aliphatic rings. The van der Waals surface area contributed by atoms with Gasteiger partial charge < -0.3 is 43.6 Å². The van der Waals surface area contributed by atoms with E-state index in [-0.39, 0.29) is 56.3 Å². The summed E-state index contributed by atoms with van der Waals surface area (Å²) in [5.41, 5.74) is 3.67. The summed E-state index contributed by atoms with van der Waals surface area (Å²) >= 11 is 0. The molecule has 2 amide bonds. The summed E-state index contributed by atoms with van der Waals surface area (Å²) in [6, 6.07) is 32.5. The third-order valence-electron chi connectivity index (χ3n) is 14.0. The Balaban J connectivity index is 1.35. The lowest BCUT2D eigenvalue weighted by molar-refractivity contribution is -0.255. The Morgan fingerprint density at radius 3 is 2.37 bits per heavy atom. The lowest BCUT2D eigenvalue weighted by Crippen LogP contribution is -2.70. The van der Waals surface area contributed by atoms with Gasteiger partial charge >= 0.3 is 6.09 Å². The van der Waals surface area contributed by atoms with E-state index in [9.17, 15) is 20.3 Å². The van der Waals surface area contributed by atoms with E-state index >= 15 is 4.79 Å². The lowest BCUT2D eigenvalue weighted by atomic mass is 9.55. The van der Waals surface area contributed by atoms with Gasteiger partial charge in [-0.15, -0.1) is 6.58 Å². The Hall–Kier alpha value is -7.18. The van der Waals surface area contributed by atoms with Crippen LogP contribution in [-0.4, -0.2) is 84.3 Å². The zero-order chi connectivity index (χ0) is 51.7. The minimum atomic E-state index is -1.58. The summed E-state index contributed by atoms with van der Waals surface area (Å²) in [6.45, 7) is 10.2. The van der Waals surface area contributed by atoms with Gasteiger partial charge in [-0.25, -0.2) is 4.79 Å². The average Bonchev–Trinajstić information content (AvgIpc) is 3.39. The molecule has 0 spiro atoms. The van der Waals surface area contributed by atoms with E-state index in [1.165, 1.54) is 7.11 Å². The molecule has 1 fully saturated rings. The van der Waals surface area contributed by atoms with E-state index in [2.05, 4.69) is 30.1 Å². The van der Waals surface area contributed by atoms with Gasteiger partial charge in [0.1, 0.15) is 34.6 Å². The van der Waals surface area contributed by atoms with Crippen molar-refractivity contribution in [3.8, 4) is 29.1 Å². The smallest absolute Gasteiger partial charge is 0.417 e. The van der Waals surface area contributed by atoms with Crippen molar-refractivity contribution < 1.29 is 48.3 Å². The molecule has 2 aliphatic carbocycles.